The molecule has 2 aromatic carbocycles. The Labute approximate surface area is 158 Å². The molecular formula is C19H21FN2O4S. The van der Waals surface area contributed by atoms with E-state index in [9.17, 15) is 17.6 Å². The molecular weight excluding hydrogens is 371 g/mol. The smallest absolute Gasteiger partial charge is 0.263 e. The van der Waals surface area contributed by atoms with Gasteiger partial charge < -0.3 is 10.1 Å². The third kappa shape index (κ3) is 4.77. The topological polar surface area (TPSA) is 75.7 Å². The molecule has 0 aliphatic carbocycles. The molecule has 0 aromatic heterocycles. The first kappa shape index (κ1) is 19.2. The van der Waals surface area contributed by atoms with Gasteiger partial charge in [-0.3, -0.25) is 9.10 Å². The van der Waals surface area contributed by atoms with E-state index in [1.54, 1.807) is 36.4 Å². The standard InChI is InChI=1S/C19H21FN2O4S/c1-27(24,25)22-13-18(26-17-7-3-2-6-16(17)22)19(23)21-12-4-5-14-8-10-15(20)11-9-14/h2-3,6-11,18H,4-5,12-13H2,1H3,(H,21,23)/t18-/m1/s1. The van der Waals surface area contributed by atoms with Crippen molar-refractivity contribution in [2.24, 2.45) is 0 Å². The highest BCUT2D eigenvalue weighted by Gasteiger charge is 2.34. The number of carbonyl (C=O) groups is 1. The summed E-state index contributed by atoms with van der Waals surface area (Å²) in [7, 11) is -3.53. The highest BCUT2D eigenvalue weighted by Crippen LogP contribution is 2.34. The molecule has 144 valence electrons. The van der Waals surface area contributed by atoms with Crippen LogP contribution in [0.15, 0.2) is 48.5 Å². The number of anilines is 1. The van der Waals surface area contributed by atoms with Crippen LogP contribution in [0.25, 0.3) is 0 Å². The van der Waals surface area contributed by atoms with Crippen molar-refractivity contribution in [3.05, 3.63) is 59.9 Å². The number of hydrogen-bond donors (Lipinski definition) is 1. The monoisotopic (exact) mass is 392 g/mol. The molecule has 0 fully saturated rings. The maximum atomic E-state index is 12.9. The van der Waals surface area contributed by atoms with Crippen LogP contribution in [-0.4, -0.2) is 39.8 Å². The van der Waals surface area contributed by atoms with Gasteiger partial charge in [0.15, 0.2) is 6.10 Å². The molecule has 0 unspecified atom stereocenters. The number of nitrogens with one attached hydrogen (secondary N) is 1. The van der Waals surface area contributed by atoms with E-state index in [1.807, 2.05) is 0 Å². The average molecular weight is 392 g/mol. The molecule has 0 radical (unpaired) electrons. The number of amides is 1. The van der Waals surface area contributed by atoms with Crippen LogP contribution in [0, 0.1) is 5.82 Å². The van der Waals surface area contributed by atoms with Crippen molar-refractivity contribution in [3.63, 3.8) is 0 Å². The maximum Gasteiger partial charge on any atom is 0.263 e. The Morgan fingerprint density at radius 3 is 2.63 bits per heavy atom. The van der Waals surface area contributed by atoms with E-state index in [2.05, 4.69) is 5.32 Å². The first-order valence-electron chi connectivity index (χ1n) is 8.60. The van der Waals surface area contributed by atoms with Crippen molar-refractivity contribution < 1.29 is 22.3 Å². The summed E-state index contributed by atoms with van der Waals surface area (Å²) < 4.78 is 43.9. The second-order valence-corrected chi connectivity index (χ2v) is 8.30. The van der Waals surface area contributed by atoms with Crippen molar-refractivity contribution >= 4 is 21.6 Å². The number of ether oxygens (including phenoxy) is 1. The number of nitrogens with zero attached hydrogens (tertiary/aromatic N) is 1. The van der Waals surface area contributed by atoms with E-state index >= 15 is 0 Å². The van der Waals surface area contributed by atoms with Crippen LogP contribution in [0.5, 0.6) is 5.75 Å². The highest BCUT2D eigenvalue weighted by molar-refractivity contribution is 7.92. The number of halogens is 1. The Morgan fingerprint density at radius 1 is 1.22 bits per heavy atom. The number of benzene rings is 2. The van der Waals surface area contributed by atoms with Crippen LogP contribution < -0.4 is 14.4 Å². The molecule has 0 bridgehead atoms. The number of fused-ring (bicyclic) bond motifs is 1. The minimum absolute atomic E-state index is 0.0698. The molecule has 0 saturated carbocycles. The second-order valence-electron chi connectivity index (χ2n) is 6.39. The number of sulfonamides is 1. The lowest BCUT2D eigenvalue weighted by molar-refractivity contribution is -0.127. The molecule has 27 heavy (non-hydrogen) atoms. The van der Waals surface area contributed by atoms with Crippen LogP contribution in [0.1, 0.15) is 12.0 Å². The van der Waals surface area contributed by atoms with Crippen molar-refractivity contribution in [2.75, 3.05) is 23.7 Å². The zero-order valence-electron chi connectivity index (χ0n) is 14.9. The fraction of sp³-hybridized carbons (Fsp3) is 0.316. The van der Waals surface area contributed by atoms with Gasteiger partial charge in [-0.05, 0) is 42.7 Å². The normalized spacial score (nSPS) is 16.4. The third-order valence-electron chi connectivity index (χ3n) is 4.28. The summed E-state index contributed by atoms with van der Waals surface area (Å²) in [6.07, 6.45) is 1.56. The Kier molecular flexibility index (Phi) is 5.65. The molecule has 1 amide bonds. The maximum absolute atomic E-state index is 12.9. The van der Waals surface area contributed by atoms with Gasteiger partial charge in [0.2, 0.25) is 10.0 Å². The van der Waals surface area contributed by atoms with Crippen molar-refractivity contribution in [1.29, 1.82) is 0 Å². The van der Waals surface area contributed by atoms with E-state index in [4.69, 9.17) is 4.74 Å². The number of rotatable bonds is 6. The summed E-state index contributed by atoms with van der Waals surface area (Å²) in [6, 6.07) is 13.0. The summed E-state index contributed by atoms with van der Waals surface area (Å²) >= 11 is 0. The molecule has 1 aliphatic rings. The Hall–Kier alpha value is -2.61. The van der Waals surface area contributed by atoms with Gasteiger partial charge in [-0.25, -0.2) is 12.8 Å². The van der Waals surface area contributed by atoms with Crippen LogP contribution in [0.3, 0.4) is 0 Å². The van der Waals surface area contributed by atoms with E-state index in [-0.39, 0.29) is 18.3 Å². The van der Waals surface area contributed by atoms with Gasteiger partial charge >= 0.3 is 0 Å². The van der Waals surface area contributed by atoms with Crippen LogP contribution >= 0.6 is 0 Å². The zero-order valence-corrected chi connectivity index (χ0v) is 15.7. The fourth-order valence-corrected chi connectivity index (χ4v) is 3.84. The van der Waals surface area contributed by atoms with Gasteiger partial charge in [0.1, 0.15) is 11.6 Å². The zero-order chi connectivity index (χ0) is 19.4. The number of hydrogen-bond acceptors (Lipinski definition) is 4. The number of para-hydroxylation sites is 2. The van der Waals surface area contributed by atoms with Gasteiger partial charge in [0.05, 0.1) is 18.5 Å². The summed E-state index contributed by atoms with van der Waals surface area (Å²) in [5, 5.41) is 2.78. The Balaban J connectivity index is 1.58. The van der Waals surface area contributed by atoms with E-state index in [1.165, 1.54) is 16.4 Å². The molecule has 0 spiro atoms. The van der Waals surface area contributed by atoms with Gasteiger partial charge in [-0.15, -0.1) is 0 Å². The Morgan fingerprint density at radius 2 is 1.93 bits per heavy atom. The number of carbonyl (C=O) groups excluding carboxylic acids is 1. The van der Waals surface area contributed by atoms with Gasteiger partial charge in [0.25, 0.3) is 5.91 Å². The van der Waals surface area contributed by atoms with Crippen LogP contribution in [-0.2, 0) is 21.2 Å². The van der Waals surface area contributed by atoms with Gasteiger partial charge in [-0.1, -0.05) is 24.3 Å². The lowest BCUT2D eigenvalue weighted by atomic mass is 10.1. The molecule has 1 N–H and O–H groups in total. The summed E-state index contributed by atoms with van der Waals surface area (Å²) in [5.41, 5.74) is 1.41. The molecule has 1 heterocycles. The van der Waals surface area contributed by atoms with Gasteiger partial charge in [-0.2, -0.15) is 0 Å². The molecule has 0 saturated heterocycles. The molecule has 2 aromatic rings. The SMILES string of the molecule is CS(=O)(=O)N1C[C@H](C(=O)NCCCc2ccc(F)cc2)Oc2ccccc21. The molecule has 8 heteroatoms. The summed E-state index contributed by atoms with van der Waals surface area (Å²) in [5.74, 6) is -0.282. The minimum atomic E-state index is -3.53. The van der Waals surface area contributed by atoms with Crippen LogP contribution in [0.2, 0.25) is 0 Å². The van der Waals surface area contributed by atoms with Crippen molar-refractivity contribution in [3.8, 4) is 5.75 Å². The lowest BCUT2D eigenvalue weighted by Gasteiger charge is -2.33. The predicted octanol–water partition coefficient (Wildman–Crippen LogP) is 2.10. The fourth-order valence-electron chi connectivity index (χ4n) is 2.92. The van der Waals surface area contributed by atoms with Gasteiger partial charge in [0, 0.05) is 6.54 Å². The van der Waals surface area contributed by atoms with E-state index < -0.39 is 16.1 Å². The summed E-state index contributed by atoms with van der Waals surface area (Å²) in [4.78, 5) is 12.4. The molecule has 1 atom stereocenters. The van der Waals surface area contributed by atoms with Crippen molar-refractivity contribution in [2.45, 2.75) is 18.9 Å². The van der Waals surface area contributed by atoms with E-state index in [0.29, 0.717) is 30.8 Å². The minimum Gasteiger partial charge on any atom is -0.476 e. The second kappa shape index (κ2) is 7.96. The van der Waals surface area contributed by atoms with Crippen molar-refractivity contribution in [1.82, 2.24) is 5.32 Å². The molecule has 6 nitrogen and oxygen atoms in total. The van der Waals surface area contributed by atoms with Crippen LogP contribution in [0.4, 0.5) is 10.1 Å². The summed E-state index contributed by atoms with van der Waals surface area (Å²) in [6.45, 7) is 0.343. The first-order chi connectivity index (χ1) is 12.8. The lowest BCUT2D eigenvalue weighted by Crippen LogP contribution is -2.50. The Bertz CT molecular complexity index is 916. The molecule has 1 aliphatic heterocycles. The predicted molar refractivity (Wildman–Crippen MR) is 101 cm³/mol. The van der Waals surface area contributed by atoms with E-state index in [0.717, 1.165) is 11.8 Å². The highest BCUT2D eigenvalue weighted by atomic mass is 32.2. The molecule has 3 rings (SSSR count). The number of aryl methyl sites for hydroxylation is 1. The largest absolute Gasteiger partial charge is 0.476 e. The quantitative estimate of drug-likeness (QED) is 0.764. The first-order valence-corrected chi connectivity index (χ1v) is 10.4. The average Bonchev–Trinajstić information content (AvgIpc) is 2.64. The third-order valence-corrected chi connectivity index (χ3v) is 5.43.